The number of aryl methyl sites for hydroxylation is 1. The van der Waals surface area contributed by atoms with E-state index in [1.54, 1.807) is 30.0 Å². The summed E-state index contributed by atoms with van der Waals surface area (Å²) in [7, 11) is 3.50. The summed E-state index contributed by atoms with van der Waals surface area (Å²) in [5, 5.41) is 4.30. The van der Waals surface area contributed by atoms with E-state index in [9.17, 15) is 4.79 Å². The molecule has 0 saturated heterocycles. The Bertz CT molecular complexity index is 727. The van der Waals surface area contributed by atoms with Crippen molar-refractivity contribution in [1.29, 1.82) is 0 Å². The van der Waals surface area contributed by atoms with Crippen LogP contribution in [0.1, 0.15) is 28.0 Å². The third-order valence-corrected chi connectivity index (χ3v) is 4.95. The molecule has 1 aromatic heterocycles. The van der Waals surface area contributed by atoms with Gasteiger partial charge < -0.3 is 9.64 Å². The minimum atomic E-state index is 0.0288. The van der Waals surface area contributed by atoms with Crippen molar-refractivity contribution in [1.82, 2.24) is 14.7 Å². The van der Waals surface area contributed by atoms with E-state index >= 15 is 0 Å². The van der Waals surface area contributed by atoms with Crippen molar-refractivity contribution in [2.24, 2.45) is 0 Å². The first kappa shape index (κ1) is 15.9. The second kappa shape index (κ2) is 6.66. The Hall–Kier alpha value is -1.95. The summed E-state index contributed by atoms with van der Waals surface area (Å²) in [5.41, 5.74) is 2.86. The summed E-state index contributed by atoms with van der Waals surface area (Å²) in [4.78, 5) is 15.5. The summed E-state index contributed by atoms with van der Waals surface area (Å²) in [6, 6.07) is 6.08. The molecule has 3 rings (SSSR count). The molecule has 0 fully saturated rings. The predicted octanol–water partition coefficient (Wildman–Crippen LogP) is 2.83. The summed E-state index contributed by atoms with van der Waals surface area (Å²) in [5.74, 6) is 0.878. The molecule has 0 bridgehead atoms. The van der Waals surface area contributed by atoms with E-state index in [4.69, 9.17) is 4.74 Å². The van der Waals surface area contributed by atoms with Crippen LogP contribution in [-0.2, 0) is 19.5 Å². The Morgan fingerprint density at radius 3 is 3.04 bits per heavy atom. The number of aromatic nitrogens is 2. The van der Waals surface area contributed by atoms with Crippen LogP contribution in [0.3, 0.4) is 0 Å². The van der Waals surface area contributed by atoms with E-state index in [1.165, 1.54) is 0 Å². The molecular weight excluding hydrogens is 310 g/mol. The van der Waals surface area contributed by atoms with Crippen LogP contribution in [0, 0.1) is 0 Å². The number of rotatable bonds is 5. The second-order valence-electron chi connectivity index (χ2n) is 5.68. The van der Waals surface area contributed by atoms with Gasteiger partial charge in [0.15, 0.2) is 0 Å². The normalized spacial score (nSPS) is 13.0. The third kappa shape index (κ3) is 3.08. The van der Waals surface area contributed by atoms with Crippen LogP contribution in [0.2, 0.25) is 0 Å². The highest BCUT2D eigenvalue weighted by Crippen LogP contribution is 2.29. The molecule has 6 heteroatoms. The van der Waals surface area contributed by atoms with Crippen LogP contribution in [0.15, 0.2) is 29.3 Å². The lowest BCUT2D eigenvalue weighted by Crippen LogP contribution is -2.26. The SMILES string of the molecule is COc1cc(CN(C)C(=O)c2cnn3c2CCC3)ccc1SC. The van der Waals surface area contributed by atoms with Crippen molar-refractivity contribution in [3.05, 3.63) is 41.2 Å². The first-order valence-electron chi connectivity index (χ1n) is 7.65. The highest BCUT2D eigenvalue weighted by atomic mass is 32.2. The molecule has 122 valence electrons. The Kier molecular flexibility index (Phi) is 4.61. The van der Waals surface area contributed by atoms with Crippen molar-refractivity contribution in [2.45, 2.75) is 30.8 Å². The lowest BCUT2D eigenvalue weighted by molar-refractivity contribution is 0.0784. The predicted molar refractivity (Wildman–Crippen MR) is 91.1 cm³/mol. The van der Waals surface area contributed by atoms with E-state index in [-0.39, 0.29) is 5.91 Å². The number of hydrogen-bond donors (Lipinski definition) is 0. The van der Waals surface area contributed by atoms with Gasteiger partial charge in [-0.05, 0) is 36.8 Å². The topological polar surface area (TPSA) is 47.4 Å². The lowest BCUT2D eigenvalue weighted by atomic mass is 10.1. The molecule has 0 N–H and O–H groups in total. The lowest BCUT2D eigenvalue weighted by Gasteiger charge is -2.18. The Balaban J connectivity index is 1.76. The molecule has 1 aromatic carbocycles. The zero-order valence-electron chi connectivity index (χ0n) is 13.7. The van der Waals surface area contributed by atoms with Crippen LogP contribution >= 0.6 is 11.8 Å². The Labute approximate surface area is 140 Å². The molecule has 0 spiro atoms. The number of carbonyl (C=O) groups is 1. The van der Waals surface area contributed by atoms with Crippen LogP contribution < -0.4 is 4.74 Å². The molecule has 0 atom stereocenters. The number of hydrogen-bond acceptors (Lipinski definition) is 4. The van der Waals surface area contributed by atoms with Gasteiger partial charge in [0.2, 0.25) is 0 Å². The van der Waals surface area contributed by atoms with Gasteiger partial charge in [-0.15, -0.1) is 11.8 Å². The molecule has 0 saturated carbocycles. The van der Waals surface area contributed by atoms with Crippen molar-refractivity contribution in [3.8, 4) is 5.75 Å². The van der Waals surface area contributed by atoms with Crippen molar-refractivity contribution in [3.63, 3.8) is 0 Å². The van der Waals surface area contributed by atoms with E-state index in [2.05, 4.69) is 5.10 Å². The van der Waals surface area contributed by atoms with Gasteiger partial charge in [0.05, 0.1) is 24.6 Å². The minimum Gasteiger partial charge on any atom is -0.496 e. The quantitative estimate of drug-likeness (QED) is 0.791. The van der Waals surface area contributed by atoms with Gasteiger partial charge in [-0.25, -0.2) is 0 Å². The van der Waals surface area contributed by atoms with Gasteiger partial charge in [-0.3, -0.25) is 9.48 Å². The molecule has 0 aliphatic carbocycles. The monoisotopic (exact) mass is 331 g/mol. The van der Waals surface area contributed by atoms with Gasteiger partial charge in [0.25, 0.3) is 5.91 Å². The smallest absolute Gasteiger partial charge is 0.257 e. The molecule has 0 radical (unpaired) electrons. The maximum atomic E-state index is 12.7. The first-order chi connectivity index (χ1) is 11.1. The maximum absolute atomic E-state index is 12.7. The van der Waals surface area contributed by atoms with Crippen molar-refractivity contribution in [2.75, 3.05) is 20.4 Å². The zero-order chi connectivity index (χ0) is 16.4. The van der Waals surface area contributed by atoms with Crippen molar-refractivity contribution < 1.29 is 9.53 Å². The Morgan fingerprint density at radius 1 is 1.48 bits per heavy atom. The summed E-state index contributed by atoms with van der Waals surface area (Å²) in [6.07, 6.45) is 5.73. The standard InChI is InChI=1S/C17H21N3O2S/c1-19(11-12-6-7-16(23-3)15(9-12)22-2)17(21)13-10-18-20-8-4-5-14(13)20/h6-7,9-10H,4-5,8,11H2,1-3H3. The van der Waals surface area contributed by atoms with E-state index in [0.717, 1.165) is 46.9 Å². The molecule has 2 heterocycles. The molecule has 2 aromatic rings. The molecule has 5 nitrogen and oxygen atoms in total. The number of fused-ring (bicyclic) bond motifs is 1. The number of benzene rings is 1. The molecule has 23 heavy (non-hydrogen) atoms. The van der Waals surface area contributed by atoms with Gasteiger partial charge in [-0.2, -0.15) is 5.10 Å². The van der Waals surface area contributed by atoms with Crippen LogP contribution in [0.25, 0.3) is 0 Å². The van der Waals surface area contributed by atoms with Gasteiger partial charge in [0.1, 0.15) is 5.75 Å². The summed E-state index contributed by atoms with van der Waals surface area (Å²) < 4.78 is 7.36. The fourth-order valence-electron chi connectivity index (χ4n) is 2.97. The third-order valence-electron chi connectivity index (χ3n) is 4.18. The summed E-state index contributed by atoms with van der Waals surface area (Å²) in [6.45, 7) is 1.47. The average molecular weight is 331 g/mol. The molecule has 0 unspecified atom stereocenters. The minimum absolute atomic E-state index is 0.0288. The number of amides is 1. The molecule has 1 aliphatic heterocycles. The van der Waals surface area contributed by atoms with E-state index < -0.39 is 0 Å². The second-order valence-corrected chi connectivity index (χ2v) is 6.53. The fourth-order valence-corrected chi connectivity index (χ4v) is 3.52. The molecule has 1 aliphatic rings. The number of thioether (sulfide) groups is 1. The highest BCUT2D eigenvalue weighted by Gasteiger charge is 2.23. The number of ether oxygens (including phenoxy) is 1. The number of carbonyl (C=O) groups excluding carboxylic acids is 1. The molecule has 1 amide bonds. The summed E-state index contributed by atoms with van der Waals surface area (Å²) >= 11 is 1.65. The van der Waals surface area contributed by atoms with Gasteiger partial charge in [-0.1, -0.05) is 6.07 Å². The largest absolute Gasteiger partial charge is 0.496 e. The van der Waals surface area contributed by atoms with Gasteiger partial charge in [0, 0.05) is 25.0 Å². The zero-order valence-corrected chi connectivity index (χ0v) is 14.5. The van der Waals surface area contributed by atoms with E-state index in [1.807, 2.05) is 36.2 Å². The Morgan fingerprint density at radius 2 is 2.30 bits per heavy atom. The van der Waals surface area contributed by atoms with E-state index in [0.29, 0.717) is 6.54 Å². The van der Waals surface area contributed by atoms with Crippen LogP contribution in [-0.4, -0.2) is 41.0 Å². The number of nitrogens with zero attached hydrogens (tertiary/aromatic N) is 3. The fraction of sp³-hybridized carbons (Fsp3) is 0.412. The van der Waals surface area contributed by atoms with Crippen LogP contribution in [0.4, 0.5) is 0 Å². The highest BCUT2D eigenvalue weighted by molar-refractivity contribution is 7.98. The average Bonchev–Trinajstić information content (AvgIpc) is 3.17. The first-order valence-corrected chi connectivity index (χ1v) is 8.87. The van der Waals surface area contributed by atoms with Crippen molar-refractivity contribution >= 4 is 17.7 Å². The van der Waals surface area contributed by atoms with Crippen LogP contribution in [0.5, 0.6) is 5.75 Å². The molecular formula is C17H21N3O2S. The maximum Gasteiger partial charge on any atom is 0.257 e. The van der Waals surface area contributed by atoms with Gasteiger partial charge >= 0.3 is 0 Å². The number of methoxy groups -OCH3 is 1.